The smallest absolute Gasteiger partial charge is 0.191 e. The van der Waals surface area contributed by atoms with E-state index in [1.54, 1.807) is 7.11 Å². The van der Waals surface area contributed by atoms with E-state index >= 15 is 0 Å². The fourth-order valence-electron chi connectivity index (χ4n) is 2.31. The topological polar surface area (TPSA) is 63.3 Å². The van der Waals surface area contributed by atoms with Crippen LogP contribution in [0.25, 0.3) is 0 Å². The van der Waals surface area contributed by atoms with Gasteiger partial charge in [-0.05, 0) is 12.8 Å². The molecule has 0 atom stereocenters. The lowest BCUT2D eigenvalue weighted by Crippen LogP contribution is -2.45. The molecule has 1 saturated carbocycles. The van der Waals surface area contributed by atoms with Crippen molar-refractivity contribution in [2.75, 3.05) is 59.7 Å². The van der Waals surface area contributed by atoms with E-state index in [0.29, 0.717) is 5.96 Å². The molecular weight excluding hydrogens is 244 g/mol. The van der Waals surface area contributed by atoms with Gasteiger partial charge in [0, 0.05) is 39.3 Å². The lowest BCUT2D eigenvalue weighted by Gasteiger charge is -2.28. The van der Waals surface area contributed by atoms with Crippen LogP contribution in [0.2, 0.25) is 0 Å². The van der Waals surface area contributed by atoms with Crippen molar-refractivity contribution >= 4 is 5.96 Å². The van der Waals surface area contributed by atoms with Gasteiger partial charge in [0.25, 0.3) is 0 Å². The number of rotatable bonds is 7. The van der Waals surface area contributed by atoms with E-state index in [-0.39, 0.29) is 0 Å². The number of morpholine rings is 1. The monoisotopic (exact) mass is 270 g/mol. The average Bonchev–Trinajstić information content (AvgIpc) is 3.28. The molecule has 6 heteroatoms. The van der Waals surface area contributed by atoms with Crippen LogP contribution in [0.4, 0.5) is 0 Å². The Labute approximate surface area is 115 Å². The summed E-state index contributed by atoms with van der Waals surface area (Å²) >= 11 is 0. The van der Waals surface area contributed by atoms with Crippen LogP contribution in [0.15, 0.2) is 4.99 Å². The molecule has 110 valence electrons. The van der Waals surface area contributed by atoms with E-state index in [2.05, 4.69) is 14.8 Å². The van der Waals surface area contributed by atoms with Crippen molar-refractivity contribution in [3.05, 3.63) is 0 Å². The summed E-state index contributed by atoms with van der Waals surface area (Å²) in [6.45, 7) is 6.73. The molecule has 1 aliphatic heterocycles. The second-order valence-electron chi connectivity index (χ2n) is 5.10. The fourth-order valence-corrected chi connectivity index (χ4v) is 2.31. The van der Waals surface area contributed by atoms with Crippen molar-refractivity contribution in [2.24, 2.45) is 10.7 Å². The molecule has 6 nitrogen and oxygen atoms in total. The standard InChI is InChI=1S/C13H26N4O2/c1-18-9-6-16(12-2-3-12)5-4-15-13(14)17-7-10-19-11-8-17/h12H,2-11H2,1H3,(H2,14,15). The van der Waals surface area contributed by atoms with Crippen LogP contribution < -0.4 is 5.73 Å². The van der Waals surface area contributed by atoms with Gasteiger partial charge >= 0.3 is 0 Å². The third kappa shape index (κ3) is 4.97. The van der Waals surface area contributed by atoms with Gasteiger partial charge in [0.05, 0.1) is 26.4 Å². The molecule has 0 amide bonds. The number of methoxy groups -OCH3 is 1. The Kier molecular flexibility index (Phi) is 5.88. The minimum absolute atomic E-state index is 0.658. The van der Waals surface area contributed by atoms with Gasteiger partial charge in [-0.1, -0.05) is 0 Å². The van der Waals surface area contributed by atoms with Gasteiger partial charge in [-0.3, -0.25) is 9.89 Å². The highest BCUT2D eigenvalue weighted by Gasteiger charge is 2.28. The minimum Gasteiger partial charge on any atom is -0.383 e. The van der Waals surface area contributed by atoms with E-state index in [4.69, 9.17) is 15.2 Å². The summed E-state index contributed by atoms with van der Waals surface area (Å²) < 4.78 is 10.5. The summed E-state index contributed by atoms with van der Waals surface area (Å²) in [5.74, 6) is 0.658. The summed E-state index contributed by atoms with van der Waals surface area (Å²) in [6.07, 6.45) is 2.62. The Morgan fingerprint density at radius 2 is 2.11 bits per heavy atom. The van der Waals surface area contributed by atoms with Gasteiger partial charge in [-0.25, -0.2) is 0 Å². The summed E-state index contributed by atoms with van der Waals surface area (Å²) in [6, 6.07) is 0.745. The third-order valence-corrected chi connectivity index (χ3v) is 3.64. The van der Waals surface area contributed by atoms with Gasteiger partial charge in [0.2, 0.25) is 0 Å². The number of nitrogens with two attached hydrogens (primary N) is 1. The maximum Gasteiger partial charge on any atom is 0.191 e. The normalized spacial score (nSPS) is 21.2. The molecule has 0 aromatic rings. The average molecular weight is 270 g/mol. The highest BCUT2D eigenvalue weighted by molar-refractivity contribution is 5.78. The predicted octanol–water partition coefficient (Wildman–Crippen LogP) is -0.256. The number of nitrogens with zero attached hydrogens (tertiary/aromatic N) is 3. The van der Waals surface area contributed by atoms with Crippen LogP contribution in [-0.4, -0.2) is 81.5 Å². The fraction of sp³-hybridized carbons (Fsp3) is 0.923. The van der Waals surface area contributed by atoms with E-state index in [1.807, 2.05) is 0 Å². The van der Waals surface area contributed by atoms with Crippen LogP contribution in [0, 0.1) is 0 Å². The molecule has 2 N–H and O–H groups in total. The molecule has 0 radical (unpaired) electrons. The summed E-state index contributed by atoms with van der Waals surface area (Å²) in [5.41, 5.74) is 6.00. The van der Waals surface area contributed by atoms with E-state index in [0.717, 1.165) is 58.6 Å². The van der Waals surface area contributed by atoms with Crippen molar-refractivity contribution in [3.8, 4) is 0 Å². The van der Waals surface area contributed by atoms with Crippen LogP contribution in [-0.2, 0) is 9.47 Å². The molecule has 0 aromatic heterocycles. The van der Waals surface area contributed by atoms with Crippen molar-refractivity contribution in [1.29, 1.82) is 0 Å². The molecule has 1 heterocycles. The lowest BCUT2D eigenvalue weighted by molar-refractivity contribution is 0.0674. The first kappa shape index (κ1) is 14.6. The van der Waals surface area contributed by atoms with Gasteiger partial charge in [-0.15, -0.1) is 0 Å². The predicted molar refractivity (Wildman–Crippen MR) is 75.4 cm³/mol. The zero-order chi connectivity index (χ0) is 13.5. The first-order valence-corrected chi connectivity index (χ1v) is 7.17. The van der Waals surface area contributed by atoms with Gasteiger partial charge in [0.1, 0.15) is 0 Å². The zero-order valence-electron chi connectivity index (χ0n) is 11.9. The molecule has 2 rings (SSSR count). The molecule has 1 aliphatic carbocycles. The Hall–Kier alpha value is -0.850. The molecule has 2 aliphatic rings. The first-order valence-electron chi connectivity index (χ1n) is 7.17. The Bertz CT molecular complexity index is 288. The van der Waals surface area contributed by atoms with Gasteiger partial charge < -0.3 is 20.1 Å². The number of hydrogen-bond donors (Lipinski definition) is 1. The Balaban J connectivity index is 1.70. The van der Waals surface area contributed by atoms with Gasteiger partial charge in [-0.2, -0.15) is 0 Å². The highest BCUT2D eigenvalue weighted by atomic mass is 16.5. The Morgan fingerprint density at radius 3 is 2.74 bits per heavy atom. The van der Waals surface area contributed by atoms with E-state index in [1.165, 1.54) is 12.8 Å². The quantitative estimate of drug-likeness (QED) is 0.510. The van der Waals surface area contributed by atoms with Crippen LogP contribution in [0.1, 0.15) is 12.8 Å². The van der Waals surface area contributed by atoms with Crippen LogP contribution in [0.5, 0.6) is 0 Å². The van der Waals surface area contributed by atoms with Crippen LogP contribution >= 0.6 is 0 Å². The summed E-state index contributed by atoms with van der Waals surface area (Å²) in [4.78, 5) is 9.04. The van der Waals surface area contributed by atoms with Crippen molar-refractivity contribution in [2.45, 2.75) is 18.9 Å². The van der Waals surface area contributed by atoms with Crippen LogP contribution in [0.3, 0.4) is 0 Å². The molecule has 0 bridgehead atoms. The highest BCUT2D eigenvalue weighted by Crippen LogP contribution is 2.26. The SMILES string of the molecule is COCCN(CCN=C(N)N1CCOCC1)C1CC1. The second-order valence-corrected chi connectivity index (χ2v) is 5.10. The van der Waals surface area contributed by atoms with Crippen molar-refractivity contribution in [1.82, 2.24) is 9.80 Å². The largest absolute Gasteiger partial charge is 0.383 e. The minimum atomic E-state index is 0.658. The number of aliphatic imine (C=N–C) groups is 1. The zero-order valence-corrected chi connectivity index (χ0v) is 11.9. The molecule has 0 unspecified atom stereocenters. The molecular formula is C13H26N4O2. The first-order chi connectivity index (χ1) is 9.31. The van der Waals surface area contributed by atoms with E-state index in [9.17, 15) is 0 Å². The molecule has 0 spiro atoms. The lowest BCUT2D eigenvalue weighted by atomic mass is 10.4. The van der Waals surface area contributed by atoms with Gasteiger partial charge in [0.15, 0.2) is 5.96 Å². The summed E-state index contributed by atoms with van der Waals surface area (Å²) in [5, 5.41) is 0. The number of ether oxygens (including phenoxy) is 2. The number of guanidine groups is 1. The Morgan fingerprint density at radius 1 is 1.37 bits per heavy atom. The maximum absolute atomic E-state index is 6.00. The molecule has 2 fully saturated rings. The van der Waals surface area contributed by atoms with Crippen molar-refractivity contribution < 1.29 is 9.47 Å². The second kappa shape index (κ2) is 7.67. The molecule has 19 heavy (non-hydrogen) atoms. The molecule has 0 aromatic carbocycles. The molecule has 1 saturated heterocycles. The van der Waals surface area contributed by atoms with Crippen molar-refractivity contribution in [3.63, 3.8) is 0 Å². The number of hydrogen-bond acceptors (Lipinski definition) is 4. The summed E-state index contributed by atoms with van der Waals surface area (Å²) in [7, 11) is 1.75. The third-order valence-electron chi connectivity index (χ3n) is 3.64. The maximum atomic E-state index is 6.00. The van der Waals surface area contributed by atoms with E-state index < -0.39 is 0 Å².